The maximum Gasteiger partial charge on any atom is 0.328 e. The van der Waals surface area contributed by atoms with Gasteiger partial charge < -0.3 is 9.47 Å². The number of hydrogen-bond donors (Lipinski definition) is 1. The molecular weight excluding hydrogens is 194 g/mol. The molecular formula is C11H23NO3. The highest BCUT2D eigenvalue weighted by molar-refractivity contribution is 5.81. The van der Waals surface area contributed by atoms with Crippen molar-refractivity contribution >= 4 is 5.97 Å². The number of methoxy groups -OCH3 is 1. The lowest BCUT2D eigenvalue weighted by Gasteiger charge is -2.32. The predicted molar refractivity (Wildman–Crippen MR) is 59.8 cm³/mol. The normalized spacial score (nSPS) is 15.1. The molecule has 0 aliphatic heterocycles. The van der Waals surface area contributed by atoms with Crippen molar-refractivity contribution in [2.24, 2.45) is 0 Å². The van der Waals surface area contributed by atoms with E-state index in [2.05, 4.69) is 5.32 Å². The van der Waals surface area contributed by atoms with E-state index >= 15 is 0 Å². The van der Waals surface area contributed by atoms with Gasteiger partial charge in [0.15, 0.2) is 0 Å². The average molecular weight is 217 g/mol. The quantitative estimate of drug-likeness (QED) is 0.654. The van der Waals surface area contributed by atoms with Crippen molar-refractivity contribution in [1.82, 2.24) is 5.32 Å². The molecule has 0 fully saturated rings. The molecule has 0 aliphatic rings. The highest BCUT2D eigenvalue weighted by atomic mass is 16.5. The Morgan fingerprint density at radius 2 is 2.00 bits per heavy atom. The molecule has 1 N–H and O–H groups in total. The lowest BCUT2D eigenvalue weighted by Crippen LogP contribution is -2.58. The Bertz CT molecular complexity index is 194. The number of rotatable bonds is 7. The first-order valence-corrected chi connectivity index (χ1v) is 5.46. The Balaban J connectivity index is 4.70. The van der Waals surface area contributed by atoms with E-state index in [1.165, 1.54) is 0 Å². The second-order valence-corrected chi connectivity index (χ2v) is 3.89. The monoisotopic (exact) mass is 217 g/mol. The average Bonchev–Trinajstić information content (AvgIpc) is 2.16. The topological polar surface area (TPSA) is 47.6 Å². The molecule has 0 spiro atoms. The second-order valence-electron chi connectivity index (χ2n) is 3.89. The van der Waals surface area contributed by atoms with Gasteiger partial charge in [0.05, 0.1) is 13.2 Å². The van der Waals surface area contributed by atoms with Gasteiger partial charge in [-0.3, -0.25) is 5.32 Å². The highest BCUT2D eigenvalue weighted by Gasteiger charge is 2.38. The van der Waals surface area contributed by atoms with Gasteiger partial charge in [0.2, 0.25) is 0 Å². The van der Waals surface area contributed by atoms with Crippen LogP contribution in [-0.4, -0.2) is 37.9 Å². The van der Waals surface area contributed by atoms with Crippen molar-refractivity contribution in [2.75, 3.05) is 20.3 Å². The molecule has 0 saturated carbocycles. The van der Waals surface area contributed by atoms with Crippen LogP contribution in [0, 0.1) is 0 Å². The lowest BCUT2D eigenvalue weighted by molar-refractivity contribution is -0.154. The van der Waals surface area contributed by atoms with Gasteiger partial charge in [-0.05, 0) is 27.2 Å². The van der Waals surface area contributed by atoms with Gasteiger partial charge in [0.1, 0.15) is 5.54 Å². The first kappa shape index (κ1) is 14.4. The molecule has 1 atom stereocenters. The molecule has 1 unspecified atom stereocenters. The Morgan fingerprint density at radius 1 is 1.40 bits per heavy atom. The maximum absolute atomic E-state index is 11.9. The van der Waals surface area contributed by atoms with Crippen molar-refractivity contribution in [3.8, 4) is 0 Å². The van der Waals surface area contributed by atoms with Gasteiger partial charge in [-0.25, -0.2) is 4.79 Å². The summed E-state index contributed by atoms with van der Waals surface area (Å²) in [6, 6.07) is 0.213. The summed E-state index contributed by atoms with van der Waals surface area (Å²) in [4.78, 5) is 11.9. The van der Waals surface area contributed by atoms with Crippen LogP contribution in [0.3, 0.4) is 0 Å². The van der Waals surface area contributed by atoms with Gasteiger partial charge in [0, 0.05) is 13.2 Å². The number of nitrogens with one attached hydrogen (secondary N) is 1. The number of hydrogen-bond acceptors (Lipinski definition) is 4. The number of esters is 1. The Morgan fingerprint density at radius 3 is 2.33 bits per heavy atom. The molecule has 0 rings (SSSR count). The molecule has 4 nitrogen and oxygen atoms in total. The third-order valence-corrected chi connectivity index (χ3v) is 2.23. The molecule has 0 heterocycles. The fourth-order valence-electron chi connectivity index (χ4n) is 1.58. The molecule has 15 heavy (non-hydrogen) atoms. The minimum absolute atomic E-state index is 0.213. The summed E-state index contributed by atoms with van der Waals surface area (Å²) in [7, 11) is 1.59. The second kappa shape index (κ2) is 6.80. The van der Waals surface area contributed by atoms with Crippen LogP contribution < -0.4 is 5.32 Å². The zero-order chi connectivity index (χ0) is 11.9. The smallest absolute Gasteiger partial charge is 0.328 e. The SMILES string of the molecule is CCOC(=O)C(CC)(COC)NC(C)C. The van der Waals surface area contributed by atoms with E-state index < -0.39 is 5.54 Å². The molecule has 0 aromatic heterocycles. The zero-order valence-corrected chi connectivity index (χ0v) is 10.4. The van der Waals surface area contributed by atoms with Gasteiger partial charge in [-0.2, -0.15) is 0 Å². The first-order chi connectivity index (χ1) is 7.02. The van der Waals surface area contributed by atoms with E-state index in [1.807, 2.05) is 20.8 Å². The van der Waals surface area contributed by atoms with Gasteiger partial charge in [-0.1, -0.05) is 6.92 Å². The van der Waals surface area contributed by atoms with Crippen LogP contribution in [0.5, 0.6) is 0 Å². The molecule has 0 aliphatic carbocycles. The van der Waals surface area contributed by atoms with Crippen molar-refractivity contribution in [1.29, 1.82) is 0 Å². The maximum atomic E-state index is 11.9. The van der Waals surface area contributed by atoms with E-state index in [-0.39, 0.29) is 12.0 Å². The summed E-state index contributed by atoms with van der Waals surface area (Å²) in [6.07, 6.45) is 0.651. The molecule has 4 heteroatoms. The summed E-state index contributed by atoms with van der Waals surface area (Å²) >= 11 is 0. The summed E-state index contributed by atoms with van der Waals surface area (Å²) in [5.74, 6) is -0.233. The van der Waals surface area contributed by atoms with Crippen LogP contribution in [0.15, 0.2) is 0 Å². The predicted octanol–water partition coefficient (Wildman–Crippen LogP) is 1.34. The number of carbonyl (C=O) groups excluding carboxylic acids is 1. The zero-order valence-electron chi connectivity index (χ0n) is 10.4. The van der Waals surface area contributed by atoms with E-state index in [0.29, 0.717) is 19.6 Å². The number of ether oxygens (including phenoxy) is 2. The standard InChI is InChI=1S/C11H23NO3/c1-6-11(8-14-5,12-9(3)4)10(13)15-7-2/h9,12H,6-8H2,1-5H3. The summed E-state index contributed by atoms with van der Waals surface area (Å²) < 4.78 is 10.2. The van der Waals surface area contributed by atoms with E-state index in [9.17, 15) is 4.79 Å². The van der Waals surface area contributed by atoms with E-state index in [4.69, 9.17) is 9.47 Å². The fraction of sp³-hybridized carbons (Fsp3) is 0.909. The minimum atomic E-state index is -0.709. The summed E-state index contributed by atoms with van der Waals surface area (Å²) in [5, 5.41) is 3.23. The molecule has 0 saturated heterocycles. The highest BCUT2D eigenvalue weighted by Crippen LogP contribution is 2.14. The Labute approximate surface area is 92.3 Å². The van der Waals surface area contributed by atoms with Crippen molar-refractivity contribution < 1.29 is 14.3 Å². The van der Waals surface area contributed by atoms with Crippen LogP contribution >= 0.6 is 0 Å². The molecule has 0 amide bonds. The molecule has 0 bridgehead atoms. The largest absolute Gasteiger partial charge is 0.465 e. The Kier molecular flexibility index (Phi) is 6.52. The minimum Gasteiger partial charge on any atom is -0.465 e. The van der Waals surface area contributed by atoms with Crippen LogP contribution in [0.1, 0.15) is 34.1 Å². The van der Waals surface area contributed by atoms with E-state index in [0.717, 1.165) is 0 Å². The van der Waals surface area contributed by atoms with Crippen LogP contribution in [-0.2, 0) is 14.3 Å². The van der Waals surface area contributed by atoms with Crippen LogP contribution in [0.2, 0.25) is 0 Å². The van der Waals surface area contributed by atoms with Crippen molar-refractivity contribution in [2.45, 2.75) is 45.7 Å². The molecule has 0 aromatic rings. The van der Waals surface area contributed by atoms with Crippen LogP contribution in [0.4, 0.5) is 0 Å². The molecule has 0 aromatic carbocycles. The van der Waals surface area contributed by atoms with Gasteiger partial charge in [0.25, 0.3) is 0 Å². The number of carbonyl (C=O) groups is 1. The first-order valence-electron chi connectivity index (χ1n) is 5.46. The van der Waals surface area contributed by atoms with Gasteiger partial charge in [-0.15, -0.1) is 0 Å². The van der Waals surface area contributed by atoms with Crippen LogP contribution in [0.25, 0.3) is 0 Å². The lowest BCUT2D eigenvalue weighted by atomic mass is 9.96. The third-order valence-electron chi connectivity index (χ3n) is 2.23. The molecule has 90 valence electrons. The Hall–Kier alpha value is -0.610. The summed E-state index contributed by atoms with van der Waals surface area (Å²) in [5.41, 5.74) is -0.709. The van der Waals surface area contributed by atoms with E-state index in [1.54, 1.807) is 14.0 Å². The van der Waals surface area contributed by atoms with Crippen molar-refractivity contribution in [3.05, 3.63) is 0 Å². The van der Waals surface area contributed by atoms with Gasteiger partial charge >= 0.3 is 5.97 Å². The molecule has 0 radical (unpaired) electrons. The third kappa shape index (κ3) is 4.18. The van der Waals surface area contributed by atoms with Crippen molar-refractivity contribution in [3.63, 3.8) is 0 Å². The summed E-state index contributed by atoms with van der Waals surface area (Å²) in [6.45, 7) is 8.48. The fourth-order valence-corrected chi connectivity index (χ4v) is 1.58.